The number of amides is 1. The van der Waals surface area contributed by atoms with Gasteiger partial charge in [-0.3, -0.25) is 4.79 Å². The van der Waals surface area contributed by atoms with E-state index in [1.165, 1.54) is 0 Å². The van der Waals surface area contributed by atoms with Crippen LogP contribution in [0.3, 0.4) is 0 Å². The highest BCUT2D eigenvalue weighted by atomic mass is 32.1. The van der Waals surface area contributed by atoms with Gasteiger partial charge in [0, 0.05) is 10.9 Å². The van der Waals surface area contributed by atoms with Gasteiger partial charge in [-0.2, -0.15) is 5.26 Å². The molecular weight excluding hydrogens is 300 g/mol. The van der Waals surface area contributed by atoms with Crippen LogP contribution in [-0.4, -0.2) is 19.1 Å². The third-order valence-corrected chi connectivity index (χ3v) is 3.65. The average molecular weight is 316 g/mol. The quantitative estimate of drug-likeness (QED) is 0.852. The molecule has 1 amide bonds. The summed E-state index contributed by atoms with van der Waals surface area (Å²) in [4.78, 5) is 12.9. The fourth-order valence-electron chi connectivity index (χ4n) is 1.76. The Labute approximate surface area is 133 Å². The van der Waals surface area contributed by atoms with Crippen LogP contribution >= 0.6 is 11.3 Å². The molecule has 0 fully saturated rings. The Bertz CT molecular complexity index is 663. The average Bonchev–Trinajstić information content (AvgIpc) is 3.05. The molecule has 0 radical (unpaired) electrons. The molecule has 0 spiro atoms. The van der Waals surface area contributed by atoms with Crippen LogP contribution in [0.5, 0.6) is 11.5 Å². The van der Waals surface area contributed by atoms with Crippen molar-refractivity contribution < 1.29 is 14.3 Å². The lowest BCUT2D eigenvalue weighted by molar-refractivity contribution is -0.123. The minimum Gasteiger partial charge on any atom is -0.490 e. The van der Waals surface area contributed by atoms with Crippen LogP contribution in [0.4, 0.5) is 0 Å². The highest BCUT2D eigenvalue weighted by Crippen LogP contribution is 2.28. The molecule has 0 bridgehead atoms. The lowest BCUT2D eigenvalue weighted by Gasteiger charge is -2.12. The van der Waals surface area contributed by atoms with Crippen LogP contribution in [-0.2, 0) is 11.3 Å². The first-order chi connectivity index (χ1) is 10.7. The van der Waals surface area contributed by atoms with E-state index in [0.717, 1.165) is 4.88 Å². The van der Waals surface area contributed by atoms with E-state index in [1.807, 2.05) is 30.5 Å². The standard InChI is InChI=1S/C16H16N2O3S/c1-2-20-15-8-12(9-17)5-6-14(15)21-11-16(19)18-10-13-4-3-7-22-13/h3-8H,2,10-11H2,1H3,(H,18,19). The number of nitrogens with one attached hydrogen (secondary N) is 1. The predicted molar refractivity (Wildman–Crippen MR) is 84.0 cm³/mol. The van der Waals surface area contributed by atoms with Crippen molar-refractivity contribution in [3.63, 3.8) is 0 Å². The molecule has 1 heterocycles. The molecule has 0 saturated heterocycles. The largest absolute Gasteiger partial charge is 0.490 e. The maximum Gasteiger partial charge on any atom is 0.258 e. The van der Waals surface area contributed by atoms with Crippen molar-refractivity contribution in [2.24, 2.45) is 0 Å². The molecule has 0 unspecified atom stereocenters. The molecule has 0 aliphatic heterocycles. The normalized spacial score (nSPS) is 9.82. The SMILES string of the molecule is CCOc1cc(C#N)ccc1OCC(=O)NCc1cccs1. The molecule has 0 aliphatic rings. The number of ether oxygens (including phenoxy) is 2. The third kappa shape index (κ3) is 4.50. The fraction of sp³-hybridized carbons (Fsp3) is 0.250. The number of rotatable bonds is 7. The van der Waals surface area contributed by atoms with Crippen molar-refractivity contribution in [3.8, 4) is 17.6 Å². The van der Waals surface area contributed by atoms with Crippen LogP contribution in [0, 0.1) is 11.3 Å². The van der Waals surface area contributed by atoms with Gasteiger partial charge >= 0.3 is 0 Å². The number of nitriles is 1. The fourth-order valence-corrected chi connectivity index (χ4v) is 2.40. The number of hydrogen-bond acceptors (Lipinski definition) is 5. The monoisotopic (exact) mass is 316 g/mol. The van der Waals surface area contributed by atoms with Crippen molar-refractivity contribution in [2.45, 2.75) is 13.5 Å². The summed E-state index contributed by atoms with van der Waals surface area (Å²) in [6.07, 6.45) is 0. The minimum atomic E-state index is -0.208. The van der Waals surface area contributed by atoms with E-state index in [1.54, 1.807) is 29.5 Å². The van der Waals surface area contributed by atoms with Gasteiger partial charge in [-0.1, -0.05) is 6.07 Å². The van der Waals surface area contributed by atoms with E-state index in [2.05, 4.69) is 5.32 Å². The number of thiophene rings is 1. The summed E-state index contributed by atoms with van der Waals surface area (Å²) in [5.74, 6) is 0.708. The van der Waals surface area contributed by atoms with Crippen molar-refractivity contribution in [3.05, 3.63) is 46.2 Å². The van der Waals surface area contributed by atoms with Gasteiger partial charge in [0.1, 0.15) is 0 Å². The zero-order chi connectivity index (χ0) is 15.8. The van der Waals surface area contributed by atoms with Gasteiger partial charge in [-0.15, -0.1) is 11.3 Å². The van der Waals surface area contributed by atoms with Gasteiger partial charge < -0.3 is 14.8 Å². The molecule has 2 aromatic rings. The summed E-state index contributed by atoms with van der Waals surface area (Å²) in [5, 5.41) is 13.6. The number of carbonyl (C=O) groups excluding carboxylic acids is 1. The Balaban J connectivity index is 1.90. The lowest BCUT2D eigenvalue weighted by Crippen LogP contribution is -2.28. The predicted octanol–water partition coefficient (Wildman–Crippen LogP) is 2.71. The van der Waals surface area contributed by atoms with Crippen LogP contribution in [0.25, 0.3) is 0 Å². The Kier molecular flexibility index (Phi) is 5.81. The van der Waals surface area contributed by atoms with Crippen molar-refractivity contribution in [2.75, 3.05) is 13.2 Å². The smallest absolute Gasteiger partial charge is 0.258 e. The summed E-state index contributed by atoms with van der Waals surface area (Å²) < 4.78 is 10.9. The highest BCUT2D eigenvalue weighted by Gasteiger charge is 2.09. The van der Waals surface area contributed by atoms with Crippen LogP contribution in [0.1, 0.15) is 17.4 Å². The summed E-state index contributed by atoms with van der Waals surface area (Å²) in [5.41, 5.74) is 0.484. The van der Waals surface area contributed by atoms with E-state index in [-0.39, 0.29) is 12.5 Å². The van der Waals surface area contributed by atoms with Gasteiger partial charge in [0.05, 0.1) is 24.8 Å². The van der Waals surface area contributed by atoms with E-state index >= 15 is 0 Å². The maximum absolute atomic E-state index is 11.8. The second kappa shape index (κ2) is 8.05. The van der Waals surface area contributed by atoms with Crippen LogP contribution in [0.15, 0.2) is 35.7 Å². The van der Waals surface area contributed by atoms with E-state index in [4.69, 9.17) is 14.7 Å². The van der Waals surface area contributed by atoms with E-state index in [0.29, 0.717) is 30.2 Å². The summed E-state index contributed by atoms with van der Waals surface area (Å²) in [7, 11) is 0. The molecule has 0 atom stereocenters. The molecule has 2 rings (SSSR count). The Morgan fingerprint density at radius 2 is 2.18 bits per heavy atom. The Morgan fingerprint density at radius 1 is 1.32 bits per heavy atom. The topological polar surface area (TPSA) is 71.3 Å². The molecule has 5 nitrogen and oxygen atoms in total. The zero-order valence-corrected chi connectivity index (χ0v) is 13.0. The first-order valence-electron chi connectivity index (χ1n) is 6.81. The molecule has 1 aromatic carbocycles. The molecule has 0 saturated carbocycles. The molecule has 0 aliphatic carbocycles. The second-order valence-corrected chi connectivity index (χ2v) is 5.38. The zero-order valence-electron chi connectivity index (χ0n) is 12.2. The summed E-state index contributed by atoms with van der Waals surface area (Å²) in [6, 6.07) is 10.8. The van der Waals surface area contributed by atoms with Crippen molar-refractivity contribution >= 4 is 17.2 Å². The number of carbonyl (C=O) groups is 1. The maximum atomic E-state index is 11.8. The lowest BCUT2D eigenvalue weighted by atomic mass is 10.2. The molecule has 114 valence electrons. The summed E-state index contributed by atoms with van der Waals surface area (Å²) >= 11 is 1.59. The van der Waals surface area contributed by atoms with Crippen LogP contribution in [0.2, 0.25) is 0 Å². The van der Waals surface area contributed by atoms with E-state index in [9.17, 15) is 4.79 Å². The molecular formula is C16H16N2O3S. The first-order valence-corrected chi connectivity index (χ1v) is 7.69. The van der Waals surface area contributed by atoms with Gasteiger partial charge in [-0.25, -0.2) is 0 Å². The van der Waals surface area contributed by atoms with Gasteiger partial charge in [0.15, 0.2) is 18.1 Å². The van der Waals surface area contributed by atoms with Crippen LogP contribution < -0.4 is 14.8 Å². The van der Waals surface area contributed by atoms with Gasteiger partial charge in [0.25, 0.3) is 5.91 Å². The highest BCUT2D eigenvalue weighted by molar-refractivity contribution is 7.09. The molecule has 6 heteroatoms. The number of benzene rings is 1. The Hall–Kier alpha value is -2.52. The van der Waals surface area contributed by atoms with Crippen molar-refractivity contribution in [1.29, 1.82) is 5.26 Å². The third-order valence-electron chi connectivity index (χ3n) is 2.77. The molecule has 22 heavy (non-hydrogen) atoms. The number of nitrogens with zero attached hydrogens (tertiary/aromatic N) is 1. The summed E-state index contributed by atoms with van der Waals surface area (Å²) in [6.45, 7) is 2.69. The minimum absolute atomic E-state index is 0.0999. The van der Waals surface area contributed by atoms with Gasteiger partial charge in [-0.05, 0) is 30.5 Å². The number of hydrogen-bond donors (Lipinski definition) is 1. The van der Waals surface area contributed by atoms with Gasteiger partial charge in [0.2, 0.25) is 0 Å². The molecule has 1 N–H and O–H groups in total. The first kappa shape index (κ1) is 15.9. The van der Waals surface area contributed by atoms with E-state index < -0.39 is 0 Å². The Morgan fingerprint density at radius 3 is 2.86 bits per heavy atom. The second-order valence-electron chi connectivity index (χ2n) is 4.35. The molecule has 1 aromatic heterocycles. The van der Waals surface area contributed by atoms with Crippen molar-refractivity contribution in [1.82, 2.24) is 5.32 Å².